The van der Waals surface area contributed by atoms with E-state index < -0.39 is 12.1 Å². The SMILES string of the molecule is COc1ccc(-c2cccc(NC(=O)[C@@H]3CCCN3C(=O)OCc3ccccc3)c2)cc1OC. The Morgan fingerprint density at radius 3 is 2.44 bits per heavy atom. The first kappa shape index (κ1) is 23.2. The van der Waals surface area contributed by atoms with Crippen LogP contribution < -0.4 is 14.8 Å². The average Bonchev–Trinajstić information content (AvgIpc) is 3.38. The number of amides is 2. The number of rotatable bonds is 7. The summed E-state index contributed by atoms with van der Waals surface area (Å²) in [4.78, 5) is 27.2. The van der Waals surface area contributed by atoms with Gasteiger partial charge in [0.1, 0.15) is 12.6 Å². The van der Waals surface area contributed by atoms with Crippen molar-refractivity contribution in [3.63, 3.8) is 0 Å². The zero-order chi connectivity index (χ0) is 23.9. The Bertz CT molecular complexity index is 1150. The third-order valence-electron chi connectivity index (χ3n) is 5.84. The van der Waals surface area contributed by atoms with E-state index in [-0.39, 0.29) is 12.5 Å². The van der Waals surface area contributed by atoms with E-state index in [9.17, 15) is 9.59 Å². The van der Waals surface area contributed by atoms with E-state index in [2.05, 4.69) is 5.32 Å². The summed E-state index contributed by atoms with van der Waals surface area (Å²) in [5, 5.41) is 2.96. The van der Waals surface area contributed by atoms with E-state index in [1.165, 1.54) is 4.90 Å². The van der Waals surface area contributed by atoms with Gasteiger partial charge in [-0.05, 0) is 53.8 Å². The molecule has 7 heteroatoms. The number of hydrogen-bond acceptors (Lipinski definition) is 5. The number of carbonyl (C=O) groups excluding carboxylic acids is 2. The lowest BCUT2D eigenvalue weighted by atomic mass is 10.0. The molecular weight excluding hydrogens is 432 g/mol. The predicted octanol–water partition coefficient (Wildman–Crippen LogP) is 5.11. The highest BCUT2D eigenvalue weighted by Crippen LogP contribution is 2.33. The molecule has 4 rings (SSSR count). The largest absolute Gasteiger partial charge is 0.493 e. The van der Waals surface area contributed by atoms with Gasteiger partial charge in [-0.3, -0.25) is 9.69 Å². The molecule has 3 aromatic carbocycles. The molecule has 0 unspecified atom stereocenters. The smallest absolute Gasteiger partial charge is 0.410 e. The van der Waals surface area contributed by atoms with Crippen LogP contribution in [0.1, 0.15) is 18.4 Å². The molecule has 34 heavy (non-hydrogen) atoms. The zero-order valence-electron chi connectivity index (χ0n) is 19.3. The summed E-state index contributed by atoms with van der Waals surface area (Å²) < 4.78 is 16.2. The lowest BCUT2D eigenvalue weighted by Crippen LogP contribution is -2.43. The summed E-state index contributed by atoms with van der Waals surface area (Å²) in [6.45, 7) is 0.676. The number of nitrogens with zero attached hydrogens (tertiary/aromatic N) is 1. The summed E-state index contributed by atoms with van der Waals surface area (Å²) in [6, 6.07) is 22.2. The van der Waals surface area contributed by atoms with E-state index in [1.807, 2.05) is 72.8 Å². The third-order valence-corrected chi connectivity index (χ3v) is 5.84. The van der Waals surface area contributed by atoms with Crippen LogP contribution >= 0.6 is 0 Å². The first-order valence-corrected chi connectivity index (χ1v) is 11.2. The van der Waals surface area contributed by atoms with Crippen LogP contribution in [0, 0.1) is 0 Å². The first-order chi connectivity index (χ1) is 16.6. The number of likely N-dealkylation sites (tertiary alicyclic amines) is 1. The third kappa shape index (κ3) is 5.31. The average molecular weight is 461 g/mol. The van der Waals surface area contributed by atoms with Gasteiger partial charge in [-0.15, -0.1) is 0 Å². The molecule has 3 aromatic rings. The van der Waals surface area contributed by atoms with Gasteiger partial charge in [-0.2, -0.15) is 0 Å². The summed E-state index contributed by atoms with van der Waals surface area (Å²) in [5.41, 5.74) is 3.41. The molecule has 0 aromatic heterocycles. The number of methoxy groups -OCH3 is 2. The molecule has 1 aliphatic rings. The van der Waals surface area contributed by atoms with Gasteiger partial charge >= 0.3 is 6.09 Å². The van der Waals surface area contributed by atoms with Gasteiger partial charge < -0.3 is 19.5 Å². The Morgan fingerprint density at radius 2 is 1.68 bits per heavy atom. The van der Waals surface area contributed by atoms with Crippen molar-refractivity contribution < 1.29 is 23.8 Å². The maximum atomic E-state index is 13.0. The first-order valence-electron chi connectivity index (χ1n) is 11.2. The highest BCUT2D eigenvalue weighted by Gasteiger charge is 2.35. The highest BCUT2D eigenvalue weighted by atomic mass is 16.6. The molecule has 1 fully saturated rings. The lowest BCUT2D eigenvalue weighted by Gasteiger charge is -2.23. The lowest BCUT2D eigenvalue weighted by molar-refractivity contribution is -0.120. The van der Waals surface area contributed by atoms with Gasteiger partial charge in [-0.1, -0.05) is 48.5 Å². The second-order valence-corrected chi connectivity index (χ2v) is 8.03. The van der Waals surface area contributed by atoms with Gasteiger partial charge in [-0.25, -0.2) is 4.79 Å². The number of ether oxygens (including phenoxy) is 3. The molecule has 1 atom stereocenters. The molecule has 1 aliphatic heterocycles. The van der Waals surface area contributed by atoms with E-state index in [0.717, 1.165) is 23.1 Å². The number of anilines is 1. The highest BCUT2D eigenvalue weighted by molar-refractivity contribution is 5.97. The van der Waals surface area contributed by atoms with Crippen molar-refractivity contribution in [3.05, 3.63) is 78.4 Å². The topological polar surface area (TPSA) is 77.1 Å². The summed E-state index contributed by atoms with van der Waals surface area (Å²) >= 11 is 0. The Labute approximate surface area is 199 Å². The molecule has 0 bridgehead atoms. The fourth-order valence-corrected chi connectivity index (χ4v) is 4.08. The van der Waals surface area contributed by atoms with E-state index in [0.29, 0.717) is 30.2 Å². The predicted molar refractivity (Wildman–Crippen MR) is 130 cm³/mol. The summed E-state index contributed by atoms with van der Waals surface area (Å²) in [5.74, 6) is 1.06. The van der Waals surface area contributed by atoms with Crippen molar-refractivity contribution in [3.8, 4) is 22.6 Å². The normalized spacial score (nSPS) is 15.0. The number of nitrogens with one attached hydrogen (secondary N) is 1. The van der Waals surface area contributed by atoms with Crippen LogP contribution in [0.3, 0.4) is 0 Å². The minimum Gasteiger partial charge on any atom is -0.493 e. The molecule has 1 N–H and O–H groups in total. The second kappa shape index (κ2) is 10.7. The van der Waals surface area contributed by atoms with Crippen molar-refractivity contribution in [2.75, 3.05) is 26.1 Å². The van der Waals surface area contributed by atoms with E-state index >= 15 is 0 Å². The van der Waals surface area contributed by atoms with Gasteiger partial charge in [0.05, 0.1) is 14.2 Å². The molecule has 0 spiro atoms. The van der Waals surface area contributed by atoms with Crippen LogP contribution in [0.5, 0.6) is 11.5 Å². The van der Waals surface area contributed by atoms with Gasteiger partial charge in [0.15, 0.2) is 11.5 Å². The Kier molecular flexibility index (Phi) is 7.32. The molecule has 1 saturated heterocycles. The van der Waals surface area contributed by atoms with Crippen molar-refractivity contribution in [1.82, 2.24) is 4.90 Å². The van der Waals surface area contributed by atoms with Crippen molar-refractivity contribution >= 4 is 17.7 Å². The summed E-state index contributed by atoms with van der Waals surface area (Å²) in [7, 11) is 3.19. The van der Waals surface area contributed by atoms with E-state index in [1.54, 1.807) is 14.2 Å². The van der Waals surface area contributed by atoms with Crippen molar-refractivity contribution in [1.29, 1.82) is 0 Å². The fourth-order valence-electron chi connectivity index (χ4n) is 4.08. The molecule has 1 heterocycles. The molecule has 7 nitrogen and oxygen atoms in total. The van der Waals surface area contributed by atoms with Crippen LogP contribution in [0.4, 0.5) is 10.5 Å². The zero-order valence-corrected chi connectivity index (χ0v) is 19.3. The minimum atomic E-state index is -0.562. The van der Waals surface area contributed by atoms with E-state index in [4.69, 9.17) is 14.2 Å². The van der Waals surface area contributed by atoms with Gasteiger partial charge in [0.25, 0.3) is 0 Å². The van der Waals surface area contributed by atoms with Crippen LogP contribution in [-0.2, 0) is 16.1 Å². The number of hydrogen-bond donors (Lipinski definition) is 1. The Balaban J connectivity index is 1.42. The van der Waals surface area contributed by atoms with Gasteiger partial charge in [0.2, 0.25) is 5.91 Å². The van der Waals surface area contributed by atoms with Gasteiger partial charge in [0, 0.05) is 12.2 Å². The minimum absolute atomic E-state index is 0.178. The Hall–Kier alpha value is -4.00. The van der Waals surface area contributed by atoms with Crippen LogP contribution in [0.25, 0.3) is 11.1 Å². The quantitative estimate of drug-likeness (QED) is 0.530. The second-order valence-electron chi connectivity index (χ2n) is 8.03. The number of carbonyl (C=O) groups is 2. The van der Waals surface area contributed by atoms with Crippen LogP contribution in [-0.4, -0.2) is 43.7 Å². The fraction of sp³-hybridized carbons (Fsp3) is 0.259. The molecule has 2 amide bonds. The molecule has 0 aliphatic carbocycles. The molecule has 0 saturated carbocycles. The monoisotopic (exact) mass is 460 g/mol. The standard InChI is InChI=1S/C27H28N2O5/c1-32-24-14-13-21(17-25(24)33-2)20-10-6-11-22(16-20)28-26(30)23-12-7-15-29(23)27(31)34-18-19-8-4-3-5-9-19/h3-6,8-11,13-14,16-17,23H,7,12,15,18H2,1-2H3,(H,28,30)/t23-/m0/s1. The van der Waals surface area contributed by atoms with Crippen LogP contribution in [0.15, 0.2) is 72.8 Å². The molecule has 0 radical (unpaired) electrons. The summed E-state index contributed by atoms with van der Waals surface area (Å²) in [6.07, 6.45) is 0.881. The molecular formula is C27H28N2O5. The maximum Gasteiger partial charge on any atom is 0.410 e. The van der Waals surface area contributed by atoms with Crippen molar-refractivity contribution in [2.24, 2.45) is 0 Å². The Morgan fingerprint density at radius 1 is 0.912 bits per heavy atom. The maximum absolute atomic E-state index is 13.0. The number of benzene rings is 3. The van der Waals surface area contributed by atoms with Crippen molar-refractivity contribution in [2.45, 2.75) is 25.5 Å². The molecule has 176 valence electrons. The van der Waals surface area contributed by atoms with Crippen LogP contribution in [0.2, 0.25) is 0 Å².